The fourth-order valence-electron chi connectivity index (χ4n) is 4.80. The number of fused-ring (bicyclic) bond motifs is 1. The number of carbonyl (C=O) groups excluding carboxylic acids is 1. The van der Waals surface area contributed by atoms with Gasteiger partial charge < -0.3 is 10.2 Å². The maximum Gasteiger partial charge on any atom is 0.258 e. The molecule has 0 amide bonds. The molecule has 29 heavy (non-hydrogen) atoms. The molecule has 1 saturated heterocycles. The molecule has 2 N–H and O–H groups in total. The number of rotatable bonds is 2. The van der Waals surface area contributed by atoms with Crippen molar-refractivity contribution in [2.24, 2.45) is 0 Å². The van der Waals surface area contributed by atoms with Crippen LogP contribution in [0.4, 0.5) is 11.8 Å². The predicted octanol–water partition coefficient (Wildman–Crippen LogP) is 3.63. The molecule has 2 aliphatic heterocycles. The first kappa shape index (κ1) is 18.2. The van der Waals surface area contributed by atoms with Gasteiger partial charge in [-0.25, -0.2) is 0 Å². The van der Waals surface area contributed by atoms with Crippen molar-refractivity contribution in [1.29, 1.82) is 0 Å². The van der Waals surface area contributed by atoms with Crippen molar-refractivity contribution in [2.45, 2.75) is 51.4 Å². The fourth-order valence-corrected chi connectivity index (χ4v) is 4.80. The van der Waals surface area contributed by atoms with Gasteiger partial charge in [-0.05, 0) is 44.6 Å². The molecule has 1 aromatic heterocycles. The number of hydrogen-bond donors (Lipinski definition) is 2. The number of hydrogen-bond acceptors (Lipinski definition) is 5. The summed E-state index contributed by atoms with van der Waals surface area (Å²) < 4.78 is 0. The van der Waals surface area contributed by atoms with E-state index in [2.05, 4.69) is 15.2 Å². The van der Waals surface area contributed by atoms with E-state index in [9.17, 15) is 9.59 Å². The Morgan fingerprint density at radius 3 is 2.52 bits per heavy atom. The zero-order valence-corrected chi connectivity index (χ0v) is 16.8. The van der Waals surface area contributed by atoms with E-state index < -0.39 is 0 Å². The minimum atomic E-state index is -0.360. The molecule has 1 aliphatic carbocycles. The standard InChI is InChI=1S/C23H26N4O2/c1-14-8-10-15(11-9-14)18-19-16(6-5-7-17(19)28)24-21-20(18)22(29)26-23(25-21)27-12-3-2-4-13-27/h8-11,18H,2-7,12-13H2,1H3,(H2,24,25,26,29)/t18-/m0/s1. The Morgan fingerprint density at radius 2 is 1.76 bits per heavy atom. The second-order valence-electron chi connectivity index (χ2n) is 8.34. The van der Waals surface area contributed by atoms with E-state index in [0.29, 0.717) is 23.8 Å². The summed E-state index contributed by atoms with van der Waals surface area (Å²) in [6.45, 7) is 3.86. The van der Waals surface area contributed by atoms with Crippen LogP contribution in [0.15, 0.2) is 40.3 Å². The highest BCUT2D eigenvalue weighted by atomic mass is 16.1. The van der Waals surface area contributed by atoms with Crippen LogP contribution in [0.25, 0.3) is 0 Å². The monoisotopic (exact) mass is 390 g/mol. The summed E-state index contributed by atoms with van der Waals surface area (Å²) in [6, 6.07) is 8.13. The predicted molar refractivity (Wildman–Crippen MR) is 113 cm³/mol. The molecule has 3 aliphatic rings. The zero-order chi connectivity index (χ0) is 20.0. The Morgan fingerprint density at radius 1 is 1.00 bits per heavy atom. The quantitative estimate of drug-likeness (QED) is 0.819. The summed E-state index contributed by atoms with van der Waals surface area (Å²) in [6.07, 6.45) is 5.64. The van der Waals surface area contributed by atoms with Gasteiger partial charge in [0.15, 0.2) is 5.78 Å². The van der Waals surface area contributed by atoms with E-state index in [1.54, 1.807) is 0 Å². The molecule has 1 fully saturated rings. The van der Waals surface area contributed by atoms with Crippen LogP contribution in [0.1, 0.15) is 61.1 Å². The lowest BCUT2D eigenvalue weighted by Crippen LogP contribution is -2.36. The number of nitrogens with zero attached hydrogens (tertiary/aromatic N) is 2. The number of allylic oxidation sites excluding steroid dienone is 2. The highest BCUT2D eigenvalue weighted by Gasteiger charge is 2.38. The summed E-state index contributed by atoms with van der Waals surface area (Å²) in [5.41, 5.74) is 4.20. The highest BCUT2D eigenvalue weighted by molar-refractivity contribution is 6.00. The van der Waals surface area contributed by atoms with Crippen molar-refractivity contribution in [1.82, 2.24) is 9.97 Å². The third-order valence-electron chi connectivity index (χ3n) is 6.31. The molecule has 6 nitrogen and oxygen atoms in total. The number of piperidine rings is 1. The topological polar surface area (TPSA) is 78.1 Å². The Balaban J connectivity index is 1.67. The lowest BCUT2D eigenvalue weighted by molar-refractivity contribution is -0.116. The molecule has 5 rings (SSSR count). The summed E-state index contributed by atoms with van der Waals surface area (Å²) in [7, 11) is 0. The number of aromatic nitrogens is 2. The van der Waals surface area contributed by atoms with Crippen molar-refractivity contribution in [3.8, 4) is 0 Å². The molecule has 0 spiro atoms. The van der Waals surface area contributed by atoms with Crippen molar-refractivity contribution >= 4 is 17.5 Å². The number of aromatic amines is 1. The van der Waals surface area contributed by atoms with E-state index in [1.807, 2.05) is 31.2 Å². The van der Waals surface area contributed by atoms with Crippen molar-refractivity contribution < 1.29 is 4.79 Å². The van der Waals surface area contributed by atoms with E-state index in [4.69, 9.17) is 4.98 Å². The Hall–Kier alpha value is -2.89. The van der Waals surface area contributed by atoms with Gasteiger partial charge >= 0.3 is 0 Å². The second kappa shape index (κ2) is 7.17. The number of nitrogens with one attached hydrogen (secondary N) is 2. The lowest BCUT2D eigenvalue weighted by Gasteiger charge is -2.34. The number of ketones is 1. The maximum absolute atomic E-state index is 13.3. The molecule has 0 radical (unpaired) electrons. The van der Waals surface area contributed by atoms with Gasteiger partial charge in [-0.3, -0.25) is 14.6 Å². The van der Waals surface area contributed by atoms with Crippen LogP contribution in [0.2, 0.25) is 0 Å². The SMILES string of the molecule is Cc1ccc([C@H]2C3=C(CCCC3=O)Nc3nc(N4CCCCC4)[nH]c(=O)c32)cc1. The molecule has 3 heterocycles. The number of benzene rings is 1. The average molecular weight is 390 g/mol. The van der Waals surface area contributed by atoms with E-state index in [1.165, 1.54) is 6.42 Å². The van der Waals surface area contributed by atoms with Gasteiger partial charge in [-0.2, -0.15) is 4.98 Å². The Labute approximate surface area is 170 Å². The third-order valence-corrected chi connectivity index (χ3v) is 6.31. The molecule has 0 unspecified atom stereocenters. The van der Waals surface area contributed by atoms with Crippen LogP contribution >= 0.6 is 0 Å². The van der Waals surface area contributed by atoms with Crippen molar-refractivity contribution in [3.05, 3.63) is 62.6 Å². The second-order valence-corrected chi connectivity index (χ2v) is 8.34. The van der Waals surface area contributed by atoms with Gasteiger partial charge in [0.1, 0.15) is 5.82 Å². The van der Waals surface area contributed by atoms with E-state index in [-0.39, 0.29) is 17.3 Å². The molecule has 2 aromatic rings. The minimum absolute atomic E-state index is 0.134. The van der Waals surface area contributed by atoms with Gasteiger partial charge in [0, 0.05) is 36.7 Å². The van der Waals surface area contributed by atoms with Crippen LogP contribution in [0, 0.1) is 6.92 Å². The maximum atomic E-state index is 13.3. The molecule has 6 heteroatoms. The fraction of sp³-hybridized carbons (Fsp3) is 0.435. The Kier molecular flexibility index (Phi) is 4.49. The van der Waals surface area contributed by atoms with E-state index in [0.717, 1.165) is 61.2 Å². The largest absolute Gasteiger partial charge is 0.343 e. The molecular weight excluding hydrogens is 364 g/mol. The normalized spacial score (nSPS) is 21.5. The first-order valence-corrected chi connectivity index (χ1v) is 10.6. The number of H-pyrrole nitrogens is 1. The van der Waals surface area contributed by atoms with Crippen molar-refractivity contribution in [2.75, 3.05) is 23.3 Å². The smallest absolute Gasteiger partial charge is 0.258 e. The number of Topliss-reactive ketones (excluding diaryl/α,β-unsaturated/α-hetero) is 1. The molecule has 150 valence electrons. The first-order valence-electron chi connectivity index (χ1n) is 10.6. The molecule has 1 atom stereocenters. The minimum Gasteiger partial charge on any atom is -0.343 e. The van der Waals surface area contributed by atoms with Crippen LogP contribution in [-0.4, -0.2) is 28.8 Å². The van der Waals surface area contributed by atoms with Crippen LogP contribution in [0.3, 0.4) is 0 Å². The zero-order valence-electron chi connectivity index (χ0n) is 16.8. The van der Waals surface area contributed by atoms with Crippen LogP contribution in [-0.2, 0) is 4.79 Å². The summed E-state index contributed by atoms with van der Waals surface area (Å²) in [5, 5.41) is 3.36. The highest BCUT2D eigenvalue weighted by Crippen LogP contribution is 2.43. The molecule has 0 saturated carbocycles. The van der Waals surface area contributed by atoms with Crippen LogP contribution in [0.5, 0.6) is 0 Å². The Bertz CT molecular complexity index is 1050. The third kappa shape index (κ3) is 3.16. The van der Waals surface area contributed by atoms with Crippen LogP contribution < -0.4 is 15.8 Å². The summed E-state index contributed by atoms with van der Waals surface area (Å²) in [5.74, 6) is 1.01. The lowest BCUT2D eigenvalue weighted by atomic mass is 9.76. The van der Waals surface area contributed by atoms with Gasteiger partial charge in [0.2, 0.25) is 5.95 Å². The first-order chi connectivity index (χ1) is 14.1. The number of aryl methyl sites for hydroxylation is 1. The summed E-state index contributed by atoms with van der Waals surface area (Å²) in [4.78, 5) is 36.1. The van der Waals surface area contributed by atoms with E-state index >= 15 is 0 Å². The molecular formula is C23H26N4O2. The molecule has 1 aromatic carbocycles. The number of anilines is 2. The van der Waals surface area contributed by atoms with Crippen molar-refractivity contribution in [3.63, 3.8) is 0 Å². The van der Waals surface area contributed by atoms with Gasteiger partial charge in [-0.1, -0.05) is 29.8 Å². The molecule has 0 bridgehead atoms. The summed E-state index contributed by atoms with van der Waals surface area (Å²) >= 11 is 0. The van der Waals surface area contributed by atoms with Gasteiger partial charge in [-0.15, -0.1) is 0 Å². The van der Waals surface area contributed by atoms with Gasteiger partial charge in [0.05, 0.1) is 5.56 Å². The van der Waals surface area contributed by atoms with Gasteiger partial charge in [0.25, 0.3) is 5.56 Å². The average Bonchev–Trinajstić information content (AvgIpc) is 2.74. The number of carbonyl (C=O) groups is 1.